The first-order valence-corrected chi connectivity index (χ1v) is 7.50. The summed E-state index contributed by atoms with van der Waals surface area (Å²) in [6.07, 6.45) is 3.21. The van der Waals surface area contributed by atoms with Crippen LogP contribution in [0.5, 0.6) is 0 Å². The van der Waals surface area contributed by atoms with Crippen LogP contribution in [0.1, 0.15) is 38.9 Å². The molecule has 1 heterocycles. The molecule has 0 radical (unpaired) electrons. The molecule has 0 aliphatic heterocycles. The third-order valence-electron chi connectivity index (χ3n) is 2.82. The van der Waals surface area contributed by atoms with E-state index in [4.69, 9.17) is 5.73 Å². The Hall–Kier alpha value is -0.840. The largest absolute Gasteiger partial charge is 0.394 e. The van der Waals surface area contributed by atoms with Crippen molar-refractivity contribution >= 4 is 23.3 Å². The standard InChI is InChI=1S/C12H24N4S/c1-6-10(7-17-5)14-12-11(13)9(4)15-16(12)8(2)3/h8,10,14H,6-7,13H2,1-5H3. The fraction of sp³-hybridized carbons (Fsp3) is 0.750. The van der Waals surface area contributed by atoms with Crippen LogP contribution in [-0.2, 0) is 0 Å². The summed E-state index contributed by atoms with van der Waals surface area (Å²) >= 11 is 1.85. The zero-order valence-electron chi connectivity index (χ0n) is 11.4. The minimum Gasteiger partial charge on any atom is -0.394 e. The van der Waals surface area contributed by atoms with Gasteiger partial charge >= 0.3 is 0 Å². The molecule has 17 heavy (non-hydrogen) atoms. The Morgan fingerprint density at radius 2 is 2.12 bits per heavy atom. The van der Waals surface area contributed by atoms with Crippen LogP contribution in [0.25, 0.3) is 0 Å². The van der Waals surface area contributed by atoms with Gasteiger partial charge in [0.2, 0.25) is 0 Å². The van der Waals surface area contributed by atoms with Gasteiger partial charge in [0, 0.05) is 17.8 Å². The van der Waals surface area contributed by atoms with Crippen LogP contribution in [0.2, 0.25) is 0 Å². The summed E-state index contributed by atoms with van der Waals surface area (Å²) in [5.41, 5.74) is 7.77. The summed E-state index contributed by atoms with van der Waals surface area (Å²) in [5.74, 6) is 2.05. The number of aromatic nitrogens is 2. The van der Waals surface area contributed by atoms with E-state index in [0.717, 1.165) is 29.4 Å². The molecular weight excluding hydrogens is 232 g/mol. The van der Waals surface area contributed by atoms with Gasteiger partial charge in [-0.05, 0) is 33.4 Å². The number of rotatable bonds is 6. The van der Waals surface area contributed by atoms with Crippen LogP contribution in [0.4, 0.5) is 11.5 Å². The van der Waals surface area contributed by atoms with E-state index >= 15 is 0 Å². The summed E-state index contributed by atoms with van der Waals surface area (Å²) in [7, 11) is 0. The molecule has 0 aliphatic rings. The van der Waals surface area contributed by atoms with Gasteiger partial charge in [-0.15, -0.1) is 0 Å². The lowest BCUT2D eigenvalue weighted by atomic mass is 10.2. The van der Waals surface area contributed by atoms with Gasteiger partial charge in [0.1, 0.15) is 5.82 Å². The van der Waals surface area contributed by atoms with E-state index in [9.17, 15) is 0 Å². The lowest BCUT2D eigenvalue weighted by Gasteiger charge is -2.20. The molecular formula is C12H24N4S. The highest BCUT2D eigenvalue weighted by Gasteiger charge is 2.17. The number of anilines is 2. The molecule has 0 aromatic carbocycles. The molecule has 98 valence electrons. The Morgan fingerprint density at radius 3 is 2.59 bits per heavy atom. The second-order valence-corrected chi connectivity index (χ2v) is 5.50. The maximum absolute atomic E-state index is 6.09. The highest BCUT2D eigenvalue weighted by atomic mass is 32.2. The molecule has 0 aliphatic carbocycles. The van der Waals surface area contributed by atoms with Crippen LogP contribution in [0.3, 0.4) is 0 Å². The monoisotopic (exact) mass is 256 g/mol. The Labute approximate surface area is 108 Å². The Kier molecular flexibility index (Phi) is 5.18. The smallest absolute Gasteiger partial charge is 0.148 e. The summed E-state index contributed by atoms with van der Waals surface area (Å²) in [6, 6.07) is 0.765. The van der Waals surface area contributed by atoms with Crippen LogP contribution in [-0.4, -0.2) is 27.8 Å². The second kappa shape index (κ2) is 6.19. The zero-order chi connectivity index (χ0) is 13.0. The first-order chi connectivity index (χ1) is 8.01. The number of hydrogen-bond acceptors (Lipinski definition) is 4. The van der Waals surface area contributed by atoms with Crippen molar-refractivity contribution in [1.29, 1.82) is 0 Å². The number of thioether (sulfide) groups is 1. The van der Waals surface area contributed by atoms with Crippen molar-refractivity contribution in [2.45, 2.75) is 46.2 Å². The normalized spacial score (nSPS) is 13.1. The van der Waals surface area contributed by atoms with Gasteiger partial charge in [0.25, 0.3) is 0 Å². The molecule has 0 saturated heterocycles. The van der Waals surface area contributed by atoms with E-state index in [2.05, 4.69) is 37.4 Å². The molecule has 0 amide bonds. The van der Waals surface area contributed by atoms with Crippen molar-refractivity contribution in [3.05, 3.63) is 5.69 Å². The lowest BCUT2D eigenvalue weighted by molar-refractivity contribution is 0.531. The van der Waals surface area contributed by atoms with E-state index in [-0.39, 0.29) is 0 Å². The molecule has 1 aromatic rings. The molecule has 0 bridgehead atoms. The zero-order valence-corrected chi connectivity index (χ0v) is 12.3. The first kappa shape index (κ1) is 14.2. The number of nitrogens with zero attached hydrogens (tertiary/aromatic N) is 2. The molecule has 0 fully saturated rings. The average Bonchev–Trinajstić information content (AvgIpc) is 2.56. The Balaban J connectivity index is 2.95. The molecule has 3 N–H and O–H groups in total. The number of aryl methyl sites for hydroxylation is 1. The van der Waals surface area contributed by atoms with Gasteiger partial charge in [-0.1, -0.05) is 6.92 Å². The molecule has 1 atom stereocenters. The predicted molar refractivity (Wildman–Crippen MR) is 77.8 cm³/mol. The van der Waals surface area contributed by atoms with Gasteiger partial charge in [-0.2, -0.15) is 16.9 Å². The molecule has 1 unspecified atom stereocenters. The van der Waals surface area contributed by atoms with Crippen LogP contribution in [0, 0.1) is 6.92 Å². The third-order valence-corrected chi connectivity index (χ3v) is 3.56. The van der Waals surface area contributed by atoms with Crippen molar-refractivity contribution in [2.75, 3.05) is 23.1 Å². The third kappa shape index (κ3) is 3.31. The summed E-state index contributed by atoms with van der Waals surface area (Å²) in [4.78, 5) is 0. The van der Waals surface area contributed by atoms with E-state index in [1.54, 1.807) is 0 Å². The lowest BCUT2D eigenvalue weighted by Crippen LogP contribution is -2.24. The van der Waals surface area contributed by atoms with Gasteiger partial charge in [0.05, 0.1) is 11.4 Å². The number of hydrogen-bond donors (Lipinski definition) is 2. The topological polar surface area (TPSA) is 55.9 Å². The summed E-state index contributed by atoms with van der Waals surface area (Å²) < 4.78 is 1.98. The van der Waals surface area contributed by atoms with Crippen LogP contribution < -0.4 is 11.1 Å². The SMILES string of the molecule is CCC(CSC)Nc1c(N)c(C)nn1C(C)C. The molecule has 5 heteroatoms. The van der Waals surface area contributed by atoms with Gasteiger partial charge in [0.15, 0.2) is 0 Å². The number of nitrogens with two attached hydrogens (primary N) is 1. The number of nitrogen functional groups attached to an aromatic ring is 1. The van der Waals surface area contributed by atoms with Gasteiger partial charge in [-0.25, -0.2) is 4.68 Å². The van der Waals surface area contributed by atoms with E-state index < -0.39 is 0 Å². The molecule has 1 aromatic heterocycles. The van der Waals surface area contributed by atoms with E-state index in [1.807, 2.05) is 23.4 Å². The van der Waals surface area contributed by atoms with Crippen molar-refractivity contribution in [2.24, 2.45) is 0 Å². The average molecular weight is 256 g/mol. The molecule has 4 nitrogen and oxygen atoms in total. The fourth-order valence-electron chi connectivity index (χ4n) is 1.73. The first-order valence-electron chi connectivity index (χ1n) is 6.11. The highest BCUT2D eigenvalue weighted by Crippen LogP contribution is 2.26. The van der Waals surface area contributed by atoms with Gasteiger partial charge < -0.3 is 11.1 Å². The minimum absolute atomic E-state index is 0.320. The predicted octanol–water partition coefficient (Wildman–Crippen LogP) is 2.91. The minimum atomic E-state index is 0.320. The Bertz CT molecular complexity index is 360. The second-order valence-electron chi connectivity index (χ2n) is 4.59. The van der Waals surface area contributed by atoms with Crippen molar-refractivity contribution in [3.8, 4) is 0 Å². The fourth-order valence-corrected chi connectivity index (χ4v) is 2.46. The van der Waals surface area contributed by atoms with Crippen molar-refractivity contribution in [1.82, 2.24) is 9.78 Å². The van der Waals surface area contributed by atoms with Crippen LogP contribution >= 0.6 is 11.8 Å². The molecule has 0 saturated carbocycles. The maximum Gasteiger partial charge on any atom is 0.148 e. The van der Waals surface area contributed by atoms with Crippen LogP contribution in [0.15, 0.2) is 0 Å². The molecule has 1 rings (SSSR count). The Morgan fingerprint density at radius 1 is 1.47 bits per heavy atom. The summed E-state index contributed by atoms with van der Waals surface area (Å²) in [5, 5.41) is 8.00. The van der Waals surface area contributed by atoms with Gasteiger partial charge in [-0.3, -0.25) is 0 Å². The quantitative estimate of drug-likeness (QED) is 0.821. The van der Waals surface area contributed by atoms with Crippen molar-refractivity contribution < 1.29 is 0 Å². The highest BCUT2D eigenvalue weighted by molar-refractivity contribution is 7.98. The molecule has 0 spiro atoms. The van der Waals surface area contributed by atoms with Crippen molar-refractivity contribution in [3.63, 3.8) is 0 Å². The van der Waals surface area contributed by atoms with E-state index in [0.29, 0.717) is 12.1 Å². The number of nitrogens with one attached hydrogen (secondary N) is 1. The maximum atomic E-state index is 6.09. The summed E-state index contributed by atoms with van der Waals surface area (Å²) in [6.45, 7) is 8.38. The van der Waals surface area contributed by atoms with E-state index in [1.165, 1.54) is 0 Å².